The summed E-state index contributed by atoms with van der Waals surface area (Å²) < 4.78 is 7.80. The highest BCUT2D eigenvalue weighted by Gasteiger charge is 2.35. The first-order chi connectivity index (χ1) is 18.4. The minimum atomic E-state index is -1.06. The van der Waals surface area contributed by atoms with Crippen LogP contribution in [0.3, 0.4) is 0 Å². The molecule has 2 aromatic carbocycles. The van der Waals surface area contributed by atoms with Gasteiger partial charge in [0.25, 0.3) is 0 Å². The molecule has 9 nitrogen and oxygen atoms in total. The second-order valence-electron chi connectivity index (χ2n) is 9.70. The van der Waals surface area contributed by atoms with Gasteiger partial charge in [-0.15, -0.1) is 0 Å². The van der Waals surface area contributed by atoms with Crippen molar-refractivity contribution in [3.8, 4) is 6.07 Å². The zero-order valence-electron chi connectivity index (χ0n) is 21.3. The van der Waals surface area contributed by atoms with Crippen molar-refractivity contribution in [3.63, 3.8) is 0 Å². The number of nitrogens with zero attached hydrogens (tertiary/aromatic N) is 2. The van der Waals surface area contributed by atoms with Gasteiger partial charge in [-0.05, 0) is 43.4 Å². The first-order valence-corrected chi connectivity index (χ1v) is 13.0. The maximum absolute atomic E-state index is 13.3. The Balaban J connectivity index is 1.46. The molecular weight excluding hydrogens is 484 g/mol. The van der Waals surface area contributed by atoms with Gasteiger partial charge in [0.05, 0.1) is 30.6 Å². The van der Waals surface area contributed by atoms with Crippen LogP contribution in [0.1, 0.15) is 48.3 Å². The van der Waals surface area contributed by atoms with Crippen molar-refractivity contribution in [2.45, 2.75) is 44.1 Å². The smallest absolute Gasteiger partial charge is 0.304 e. The number of aliphatic carboxylic acids is 1. The van der Waals surface area contributed by atoms with Crippen molar-refractivity contribution >= 4 is 29.7 Å². The molecule has 198 valence electrons. The Bertz CT molecular complexity index is 1230. The lowest BCUT2D eigenvalue weighted by Crippen LogP contribution is -2.50. The monoisotopic (exact) mass is 517 g/mol. The summed E-state index contributed by atoms with van der Waals surface area (Å²) >= 11 is 0. The number of fused-ring (bicyclic) bond motifs is 4. The highest BCUT2D eigenvalue weighted by Crippen LogP contribution is 2.34. The van der Waals surface area contributed by atoms with Crippen LogP contribution in [0.5, 0.6) is 0 Å². The predicted octanol–water partition coefficient (Wildman–Crippen LogP) is 2.51. The van der Waals surface area contributed by atoms with E-state index >= 15 is 0 Å². The van der Waals surface area contributed by atoms with E-state index in [2.05, 4.69) is 27.5 Å². The third-order valence-corrected chi connectivity index (χ3v) is 7.04. The molecule has 3 N–H and O–H groups in total. The van der Waals surface area contributed by atoms with Gasteiger partial charge in [0.15, 0.2) is 12.8 Å². The molecule has 3 atom stereocenters. The van der Waals surface area contributed by atoms with E-state index in [1.54, 1.807) is 12.1 Å². The summed E-state index contributed by atoms with van der Waals surface area (Å²) in [6.07, 6.45) is 3.76. The quantitative estimate of drug-likeness (QED) is 0.461. The fourth-order valence-corrected chi connectivity index (χ4v) is 5.07. The molecule has 0 aromatic heterocycles. The number of nitriles is 1. The maximum Gasteiger partial charge on any atom is 0.304 e. The fraction of sp³-hybridized carbons (Fsp3) is 0.414. The lowest BCUT2D eigenvalue weighted by atomic mass is 9.92. The summed E-state index contributed by atoms with van der Waals surface area (Å²) in [7, 11) is 0. The molecule has 2 heterocycles. The number of hydrogen-bond donors (Lipinski definition) is 3. The van der Waals surface area contributed by atoms with E-state index in [1.165, 1.54) is 0 Å². The lowest BCUT2D eigenvalue weighted by molar-refractivity contribution is -0.437. The van der Waals surface area contributed by atoms with E-state index in [9.17, 15) is 19.5 Å². The molecule has 2 aromatic rings. The Hall–Kier alpha value is -4.03. The molecule has 2 aliphatic rings. The molecule has 2 aliphatic heterocycles. The Morgan fingerprint density at radius 1 is 1.18 bits per heavy atom. The second-order valence-corrected chi connectivity index (χ2v) is 9.70. The third kappa shape index (κ3) is 7.05. The summed E-state index contributed by atoms with van der Waals surface area (Å²) in [5, 5.41) is 24.1. The van der Waals surface area contributed by atoms with Crippen molar-refractivity contribution < 1.29 is 28.8 Å². The van der Waals surface area contributed by atoms with E-state index in [0.717, 1.165) is 16.8 Å². The van der Waals surface area contributed by atoms with Crippen LogP contribution in [0.2, 0.25) is 0 Å². The van der Waals surface area contributed by atoms with E-state index in [4.69, 9.17) is 10.00 Å². The number of carbonyl (C=O) groups is 3. The average Bonchev–Trinajstić information content (AvgIpc) is 3.26. The zero-order chi connectivity index (χ0) is 26.9. The lowest BCUT2D eigenvalue weighted by Gasteiger charge is -2.23. The van der Waals surface area contributed by atoms with Gasteiger partial charge in [-0.3, -0.25) is 14.4 Å². The van der Waals surface area contributed by atoms with Crippen molar-refractivity contribution in [1.82, 2.24) is 10.6 Å². The molecule has 0 aliphatic carbocycles. The van der Waals surface area contributed by atoms with Crippen LogP contribution in [-0.4, -0.2) is 66.0 Å². The third-order valence-electron chi connectivity index (χ3n) is 7.04. The molecular formula is C29H33N4O5+. The largest absolute Gasteiger partial charge is 0.481 e. The summed E-state index contributed by atoms with van der Waals surface area (Å²) in [6.45, 7) is 1.92. The number of para-hydroxylation sites is 1. The Labute approximate surface area is 222 Å². The molecule has 4 rings (SSSR count). The second kappa shape index (κ2) is 13.0. The molecule has 2 bridgehead atoms. The topological polar surface area (TPSA) is 132 Å². The Morgan fingerprint density at radius 2 is 1.97 bits per heavy atom. The first kappa shape index (κ1) is 27.0. The van der Waals surface area contributed by atoms with Crippen LogP contribution < -0.4 is 10.6 Å². The van der Waals surface area contributed by atoms with Crippen LogP contribution in [0.4, 0.5) is 5.69 Å². The van der Waals surface area contributed by atoms with Gasteiger partial charge in [0, 0.05) is 24.1 Å². The van der Waals surface area contributed by atoms with E-state index in [1.807, 2.05) is 36.4 Å². The summed E-state index contributed by atoms with van der Waals surface area (Å²) in [5.74, 6) is -2.63. The van der Waals surface area contributed by atoms with Crippen molar-refractivity contribution in [3.05, 3.63) is 65.2 Å². The normalized spacial score (nSPS) is 20.0. The predicted molar refractivity (Wildman–Crippen MR) is 140 cm³/mol. The number of aryl methyl sites for hydroxylation is 1. The van der Waals surface area contributed by atoms with Gasteiger partial charge >= 0.3 is 5.97 Å². The molecule has 0 saturated heterocycles. The first-order valence-electron chi connectivity index (χ1n) is 13.0. The van der Waals surface area contributed by atoms with Gasteiger partial charge in [-0.2, -0.15) is 9.84 Å². The van der Waals surface area contributed by atoms with Crippen molar-refractivity contribution in [1.29, 1.82) is 5.26 Å². The SMILES string of the molecule is N#Cc1ccc(CCC[C@H](CC(=O)O)C(=O)N[C@H]2CC3C=[N+](CCOCCNC2=O)c2ccccc23)cc1. The highest BCUT2D eigenvalue weighted by molar-refractivity contribution is 5.90. The number of carboxylic acids is 1. The molecule has 0 spiro atoms. The van der Waals surface area contributed by atoms with Gasteiger partial charge < -0.3 is 20.5 Å². The Morgan fingerprint density at radius 3 is 2.74 bits per heavy atom. The Kier molecular flexibility index (Phi) is 9.22. The number of amides is 2. The zero-order valence-corrected chi connectivity index (χ0v) is 21.3. The molecule has 0 radical (unpaired) electrons. The molecule has 1 unspecified atom stereocenters. The van der Waals surface area contributed by atoms with Gasteiger partial charge in [-0.1, -0.05) is 30.3 Å². The standard InChI is InChI=1S/C29H32N4O5/c30-18-21-10-8-20(9-11-21)4-3-5-22(17-27(34)35)28(36)32-25-16-23-19-33(26-7-2-1-6-24(23)26)13-15-38-14-12-31-29(25)37/h1-2,6-11,19,22-23,25H,3-5,12-17H2,(H2-,31,32,34,35,36,37)/p+1/t22-,23?,25+/m1/s1. The van der Waals surface area contributed by atoms with Crippen LogP contribution in [-0.2, 0) is 25.5 Å². The number of carboxylic acid groups (broad SMARTS) is 1. The summed E-state index contributed by atoms with van der Waals surface area (Å²) in [4.78, 5) is 38.0. The van der Waals surface area contributed by atoms with Gasteiger partial charge in [-0.25, -0.2) is 0 Å². The van der Waals surface area contributed by atoms with Crippen LogP contribution in [0, 0.1) is 17.2 Å². The molecule has 2 amide bonds. The number of carbonyl (C=O) groups excluding carboxylic acids is 2. The molecule has 9 heteroatoms. The molecule has 0 fully saturated rings. The average molecular weight is 518 g/mol. The number of benzene rings is 2. The van der Waals surface area contributed by atoms with Crippen molar-refractivity contribution in [2.75, 3.05) is 26.3 Å². The van der Waals surface area contributed by atoms with Crippen molar-refractivity contribution in [2.24, 2.45) is 5.92 Å². The van der Waals surface area contributed by atoms with Gasteiger partial charge in [0.1, 0.15) is 12.6 Å². The number of rotatable bonds is 8. The van der Waals surface area contributed by atoms with Crippen LogP contribution in [0.15, 0.2) is 48.5 Å². The van der Waals surface area contributed by atoms with Crippen LogP contribution in [0.25, 0.3) is 0 Å². The fourth-order valence-electron chi connectivity index (χ4n) is 5.07. The molecule has 38 heavy (non-hydrogen) atoms. The van der Waals surface area contributed by atoms with E-state index in [0.29, 0.717) is 57.6 Å². The van der Waals surface area contributed by atoms with E-state index < -0.39 is 23.8 Å². The summed E-state index contributed by atoms with van der Waals surface area (Å²) in [5.41, 5.74) is 3.74. The number of nitrogens with one attached hydrogen (secondary N) is 2. The van der Waals surface area contributed by atoms with E-state index in [-0.39, 0.29) is 18.2 Å². The minimum Gasteiger partial charge on any atom is -0.481 e. The minimum absolute atomic E-state index is 0.0732. The highest BCUT2D eigenvalue weighted by atomic mass is 16.5. The molecule has 0 saturated carbocycles. The maximum atomic E-state index is 13.3. The van der Waals surface area contributed by atoms with Crippen LogP contribution >= 0.6 is 0 Å². The van der Waals surface area contributed by atoms with Gasteiger partial charge in [0.2, 0.25) is 17.5 Å². The number of hydrogen-bond acceptors (Lipinski definition) is 5. The number of ether oxygens (including phenoxy) is 1. The summed E-state index contributed by atoms with van der Waals surface area (Å²) in [6, 6.07) is 16.5.